The SMILES string of the molecule is COc1ccc(C(OC)(c2ccc(OC)cc2)c2ccc(OC)c(CCCCCOC(=O)NN)c2)cc1. The molecule has 0 fully saturated rings. The molecule has 0 radical (unpaired) electrons. The fourth-order valence-corrected chi connectivity index (χ4v) is 4.50. The lowest BCUT2D eigenvalue weighted by molar-refractivity contribution is 0.0583. The van der Waals surface area contributed by atoms with Crippen LogP contribution in [0.5, 0.6) is 17.2 Å². The fourth-order valence-electron chi connectivity index (χ4n) is 4.50. The number of hydrazine groups is 1. The molecule has 0 atom stereocenters. The van der Waals surface area contributed by atoms with Crippen molar-refractivity contribution in [3.8, 4) is 17.2 Å². The first-order valence-electron chi connectivity index (χ1n) is 12.2. The molecule has 0 spiro atoms. The highest BCUT2D eigenvalue weighted by Crippen LogP contribution is 2.42. The van der Waals surface area contributed by atoms with Crippen LogP contribution in [0.2, 0.25) is 0 Å². The lowest BCUT2D eigenvalue weighted by Crippen LogP contribution is -2.31. The normalized spacial score (nSPS) is 11.1. The summed E-state index contributed by atoms with van der Waals surface area (Å²) in [5.41, 5.74) is 5.07. The maximum Gasteiger partial charge on any atom is 0.421 e. The minimum Gasteiger partial charge on any atom is -0.497 e. The average Bonchev–Trinajstić information content (AvgIpc) is 2.96. The Balaban J connectivity index is 1.96. The van der Waals surface area contributed by atoms with Crippen LogP contribution < -0.4 is 25.5 Å². The number of rotatable bonds is 13. The summed E-state index contributed by atoms with van der Waals surface area (Å²) in [6.07, 6.45) is 2.71. The molecular weight excluding hydrogens is 472 g/mol. The molecule has 0 saturated heterocycles. The maximum atomic E-state index is 11.1. The number of ether oxygens (including phenoxy) is 5. The number of amides is 1. The largest absolute Gasteiger partial charge is 0.497 e. The van der Waals surface area contributed by atoms with Gasteiger partial charge in [-0.05, 0) is 84.3 Å². The first-order valence-corrected chi connectivity index (χ1v) is 12.2. The molecule has 3 aromatic carbocycles. The van der Waals surface area contributed by atoms with E-state index in [-0.39, 0.29) is 0 Å². The zero-order valence-corrected chi connectivity index (χ0v) is 21.9. The molecule has 8 nitrogen and oxygen atoms in total. The predicted octanol–water partition coefficient (Wildman–Crippen LogP) is 4.96. The van der Waals surface area contributed by atoms with Gasteiger partial charge in [0.25, 0.3) is 0 Å². The van der Waals surface area contributed by atoms with Gasteiger partial charge in [0.05, 0.1) is 27.9 Å². The lowest BCUT2D eigenvalue weighted by Gasteiger charge is -2.35. The number of nitrogens with one attached hydrogen (secondary N) is 1. The second-order valence-corrected chi connectivity index (χ2v) is 8.46. The predicted molar refractivity (Wildman–Crippen MR) is 142 cm³/mol. The van der Waals surface area contributed by atoms with E-state index in [9.17, 15) is 4.79 Å². The second-order valence-electron chi connectivity index (χ2n) is 8.46. The second kappa shape index (κ2) is 13.5. The lowest BCUT2D eigenvalue weighted by atomic mass is 9.79. The number of aryl methyl sites for hydroxylation is 1. The summed E-state index contributed by atoms with van der Waals surface area (Å²) in [6.45, 7) is 0.321. The van der Waals surface area contributed by atoms with Gasteiger partial charge in [-0.1, -0.05) is 30.3 Å². The van der Waals surface area contributed by atoms with Crippen LogP contribution in [-0.2, 0) is 21.5 Å². The van der Waals surface area contributed by atoms with E-state index >= 15 is 0 Å². The minimum absolute atomic E-state index is 0.321. The highest BCUT2D eigenvalue weighted by atomic mass is 16.5. The summed E-state index contributed by atoms with van der Waals surface area (Å²) in [6, 6.07) is 22.0. The Morgan fingerprint density at radius 3 is 1.81 bits per heavy atom. The van der Waals surface area contributed by atoms with E-state index < -0.39 is 11.7 Å². The van der Waals surface area contributed by atoms with Crippen molar-refractivity contribution in [2.24, 2.45) is 5.84 Å². The number of carbonyl (C=O) groups excluding carboxylic acids is 1. The van der Waals surface area contributed by atoms with Gasteiger partial charge in [0.1, 0.15) is 22.8 Å². The van der Waals surface area contributed by atoms with E-state index in [1.165, 1.54) is 0 Å². The van der Waals surface area contributed by atoms with Crippen molar-refractivity contribution in [1.29, 1.82) is 0 Å². The van der Waals surface area contributed by atoms with Gasteiger partial charge >= 0.3 is 6.09 Å². The van der Waals surface area contributed by atoms with Crippen LogP contribution in [0.1, 0.15) is 41.5 Å². The van der Waals surface area contributed by atoms with Crippen molar-refractivity contribution < 1.29 is 28.5 Å². The number of carbonyl (C=O) groups is 1. The van der Waals surface area contributed by atoms with Gasteiger partial charge in [-0.3, -0.25) is 5.43 Å². The topological polar surface area (TPSA) is 101 Å². The highest BCUT2D eigenvalue weighted by molar-refractivity contribution is 5.66. The standard InChI is InChI=1S/C29H36N2O6/c1-33-25-14-9-22(10-15-25)29(36-4,23-11-16-26(34-2)17-12-23)24-13-18-27(35-3)21(20-24)8-6-5-7-19-37-28(32)31-30/h9-18,20H,5-8,19,30H2,1-4H3,(H,31,32). The van der Waals surface area contributed by atoms with Crippen LogP contribution in [0.25, 0.3) is 0 Å². The number of hydrogen-bond acceptors (Lipinski definition) is 7. The van der Waals surface area contributed by atoms with Gasteiger partial charge in [0, 0.05) is 7.11 Å². The molecule has 3 rings (SSSR count). The number of unbranched alkanes of at least 4 members (excludes halogenated alkanes) is 2. The van der Waals surface area contributed by atoms with Gasteiger partial charge < -0.3 is 23.7 Å². The van der Waals surface area contributed by atoms with Crippen molar-refractivity contribution in [3.63, 3.8) is 0 Å². The van der Waals surface area contributed by atoms with Crippen molar-refractivity contribution >= 4 is 6.09 Å². The molecule has 1 amide bonds. The summed E-state index contributed by atoms with van der Waals surface area (Å²) < 4.78 is 27.8. The Labute approximate surface area is 218 Å². The van der Waals surface area contributed by atoms with Gasteiger partial charge in [0.2, 0.25) is 0 Å². The summed E-state index contributed by atoms with van der Waals surface area (Å²) in [4.78, 5) is 11.1. The quantitative estimate of drug-likeness (QED) is 0.111. The summed E-state index contributed by atoms with van der Waals surface area (Å²) in [5, 5.41) is 0. The van der Waals surface area contributed by atoms with E-state index in [2.05, 4.69) is 6.07 Å². The molecule has 37 heavy (non-hydrogen) atoms. The zero-order chi connectivity index (χ0) is 26.7. The van der Waals surface area contributed by atoms with Crippen molar-refractivity contribution in [1.82, 2.24) is 5.43 Å². The molecule has 0 unspecified atom stereocenters. The molecule has 0 saturated carbocycles. The van der Waals surface area contributed by atoms with Gasteiger partial charge in [-0.2, -0.15) is 0 Å². The molecule has 8 heteroatoms. The van der Waals surface area contributed by atoms with Crippen molar-refractivity contribution in [2.45, 2.75) is 31.3 Å². The number of benzene rings is 3. The molecule has 0 heterocycles. The molecule has 0 aliphatic rings. The first-order chi connectivity index (χ1) is 18.0. The summed E-state index contributed by atoms with van der Waals surface area (Å²) in [7, 11) is 6.69. The smallest absolute Gasteiger partial charge is 0.421 e. The zero-order valence-electron chi connectivity index (χ0n) is 21.9. The maximum absolute atomic E-state index is 11.1. The minimum atomic E-state index is -0.872. The number of methoxy groups -OCH3 is 4. The molecule has 3 N–H and O–H groups in total. The van der Waals surface area contributed by atoms with Crippen LogP contribution in [0.3, 0.4) is 0 Å². The third kappa shape index (κ3) is 6.53. The molecule has 0 bridgehead atoms. The summed E-state index contributed by atoms with van der Waals surface area (Å²) >= 11 is 0. The van der Waals surface area contributed by atoms with Crippen LogP contribution >= 0.6 is 0 Å². The Morgan fingerprint density at radius 1 is 0.757 bits per heavy atom. The number of nitrogens with two attached hydrogens (primary N) is 1. The molecule has 198 valence electrons. The van der Waals surface area contributed by atoms with E-state index in [0.717, 1.165) is 65.2 Å². The van der Waals surface area contributed by atoms with Gasteiger partial charge in [-0.15, -0.1) is 0 Å². The molecule has 0 aromatic heterocycles. The third-order valence-corrected chi connectivity index (χ3v) is 6.43. The van der Waals surface area contributed by atoms with E-state index in [1.807, 2.05) is 66.1 Å². The van der Waals surface area contributed by atoms with Crippen molar-refractivity contribution in [2.75, 3.05) is 35.0 Å². The Bertz CT molecular complexity index is 1080. The third-order valence-electron chi connectivity index (χ3n) is 6.43. The van der Waals surface area contributed by atoms with Crippen molar-refractivity contribution in [3.05, 3.63) is 89.0 Å². The van der Waals surface area contributed by atoms with Crippen LogP contribution in [-0.4, -0.2) is 41.1 Å². The Hall–Kier alpha value is -3.75. The van der Waals surface area contributed by atoms with Gasteiger partial charge in [-0.25, -0.2) is 10.6 Å². The van der Waals surface area contributed by atoms with E-state index in [4.69, 9.17) is 29.5 Å². The number of hydrogen-bond donors (Lipinski definition) is 2. The molecule has 3 aromatic rings. The van der Waals surface area contributed by atoms with E-state index in [0.29, 0.717) is 6.61 Å². The van der Waals surface area contributed by atoms with Crippen LogP contribution in [0, 0.1) is 0 Å². The first kappa shape index (κ1) is 27.8. The monoisotopic (exact) mass is 508 g/mol. The van der Waals surface area contributed by atoms with Crippen LogP contribution in [0.4, 0.5) is 4.79 Å². The van der Waals surface area contributed by atoms with E-state index in [1.54, 1.807) is 28.4 Å². The average molecular weight is 509 g/mol. The Morgan fingerprint density at radius 2 is 1.32 bits per heavy atom. The highest BCUT2D eigenvalue weighted by Gasteiger charge is 2.37. The Kier molecular flexibility index (Phi) is 10.2. The molecular formula is C29H36N2O6. The molecule has 0 aliphatic carbocycles. The van der Waals surface area contributed by atoms with Crippen LogP contribution in [0.15, 0.2) is 66.7 Å². The summed E-state index contributed by atoms with van der Waals surface area (Å²) in [5.74, 6) is 7.39. The molecule has 0 aliphatic heterocycles. The fraction of sp³-hybridized carbons (Fsp3) is 0.345. The van der Waals surface area contributed by atoms with Gasteiger partial charge in [0.15, 0.2) is 0 Å².